The average molecular weight is 392 g/mol. The number of aliphatic hydroxyl groups excluding tert-OH is 1. The summed E-state index contributed by atoms with van der Waals surface area (Å²) < 4.78 is 19.9. The zero-order chi connectivity index (χ0) is 19.9. The summed E-state index contributed by atoms with van der Waals surface area (Å²) in [5, 5.41) is 13.4. The van der Waals surface area contributed by atoms with Crippen molar-refractivity contribution >= 4 is 23.3 Å². The number of hydrogen-bond donors (Lipinski definition) is 2. The number of nitrogens with one attached hydrogen (secondary N) is 1. The Hall–Kier alpha value is -2.44. The number of ketones is 1. The molecule has 0 fully saturated rings. The molecule has 2 aromatic carbocycles. The van der Waals surface area contributed by atoms with Crippen molar-refractivity contribution < 1.29 is 23.8 Å². The molecular formula is C20H19ClFNO4. The van der Waals surface area contributed by atoms with Crippen LogP contribution in [0.15, 0.2) is 36.4 Å². The first-order valence-electron chi connectivity index (χ1n) is 8.38. The van der Waals surface area contributed by atoms with E-state index in [-0.39, 0.29) is 16.4 Å². The highest BCUT2D eigenvalue weighted by atomic mass is 35.5. The Labute approximate surface area is 161 Å². The van der Waals surface area contributed by atoms with Crippen LogP contribution in [-0.4, -0.2) is 28.5 Å². The fourth-order valence-electron chi connectivity index (χ4n) is 3.10. The number of aliphatic hydroxyl groups is 1. The fourth-order valence-corrected chi connectivity index (χ4v) is 3.35. The first-order chi connectivity index (χ1) is 12.6. The molecular weight excluding hydrogens is 373 g/mol. The molecule has 3 rings (SSSR count). The highest BCUT2D eigenvalue weighted by Crippen LogP contribution is 2.40. The van der Waals surface area contributed by atoms with Crippen molar-refractivity contribution in [1.82, 2.24) is 5.32 Å². The van der Waals surface area contributed by atoms with Crippen molar-refractivity contribution in [2.75, 3.05) is 0 Å². The standard InChI is InChI=1S/C20H19ClFNO4/c1-10(24)11-7-8-15-12(9-11)17(18(25)20(2,3)27-15)23-19(26)16-13(21)5-4-6-14(16)22/h4-9,17-18,25H,1-3H3,(H,23,26)/t17-,18+/m0/s1. The van der Waals surface area contributed by atoms with Crippen LogP contribution in [0.4, 0.5) is 4.39 Å². The Morgan fingerprint density at radius 2 is 1.96 bits per heavy atom. The van der Waals surface area contributed by atoms with Crippen molar-refractivity contribution in [2.45, 2.75) is 38.5 Å². The third-order valence-electron chi connectivity index (χ3n) is 4.63. The van der Waals surface area contributed by atoms with E-state index in [0.29, 0.717) is 16.9 Å². The van der Waals surface area contributed by atoms with Crippen LogP contribution < -0.4 is 10.1 Å². The van der Waals surface area contributed by atoms with Gasteiger partial charge in [-0.3, -0.25) is 9.59 Å². The van der Waals surface area contributed by atoms with Gasteiger partial charge in [0.15, 0.2) is 5.78 Å². The summed E-state index contributed by atoms with van der Waals surface area (Å²) >= 11 is 5.97. The summed E-state index contributed by atoms with van der Waals surface area (Å²) in [6, 6.07) is 7.82. The Kier molecular flexibility index (Phi) is 4.97. The largest absolute Gasteiger partial charge is 0.485 e. The van der Waals surface area contributed by atoms with Crippen molar-refractivity contribution in [3.63, 3.8) is 0 Å². The van der Waals surface area contributed by atoms with E-state index in [4.69, 9.17) is 16.3 Å². The van der Waals surface area contributed by atoms with E-state index < -0.39 is 29.5 Å². The number of benzene rings is 2. The molecule has 0 saturated carbocycles. The van der Waals surface area contributed by atoms with Crippen LogP contribution in [0, 0.1) is 5.82 Å². The van der Waals surface area contributed by atoms with E-state index in [2.05, 4.69) is 5.32 Å². The number of rotatable bonds is 3. The number of Topliss-reactive ketones (excluding diaryl/α,β-unsaturated/α-hetero) is 1. The Morgan fingerprint density at radius 1 is 1.26 bits per heavy atom. The second kappa shape index (κ2) is 6.94. The molecule has 5 nitrogen and oxygen atoms in total. The van der Waals surface area contributed by atoms with Gasteiger partial charge in [-0.2, -0.15) is 0 Å². The van der Waals surface area contributed by atoms with Crippen LogP contribution in [0.2, 0.25) is 5.02 Å². The maximum Gasteiger partial charge on any atom is 0.256 e. The maximum absolute atomic E-state index is 14.1. The van der Waals surface area contributed by atoms with Gasteiger partial charge in [0.05, 0.1) is 16.6 Å². The van der Waals surface area contributed by atoms with Gasteiger partial charge in [-0.15, -0.1) is 0 Å². The average Bonchev–Trinajstić information content (AvgIpc) is 2.58. The monoisotopic (exact) mass is 391 g/mol. The molecule has 1 aliphatic heterocycles. The van der Waals surface area contributed by atoms with E-state index >= 15 is 0 Å². The van der Waals surface area contributed by atoms with Crippen LogP contribution in [0.1, 0.15) is 53.1 Å². The molecule has 2 atom stereocenters. The van der Waals surface area contributed by atoms with Crippen LogP contribution in [-0.2, 0) is 0 Å². The molecule has 2 aromatic rings. The summed E-state index contributed by atoms with van der Waals surface area (Å²) in [6.45, 7) is 4.77. The Balaban J connectivity index is 2.04. The van der Waals surface area contributed by atoms with Gasteiger partial charge in [-0.25, -0.2) is 4.39 Å². The van der Waals surface area contributed by atoms with Crippen LogP contribution in [0.3, 0.4) is 0 Å². The zero-order valence-electron chi connectivity index (χ0n) is 15.0. The lowest BCUT2D eigenvalue weighted by atomic mass is 9.85. The molecule has 27 heavy (non-hydrogen) atoms. The van der Waals surface area contributed by atoms with Gasteiger partial charge < -0.3 is 15.2 Å². The van der Waals surface area contributed by atoms with Gasteiger partial charge in [0.2, 0.25) is 0 Å². The predicted octanol–water partition coefficient (Wildman–Crippen LogP) is 3.68. The quantitative estimate of drug-likeness (QED) is 0.782. The molecule has 7 heteroatoms. The van der Waals surface area contributed by atoms with Crippen LogP contribution in [0.25, 0.3) is 0 Å². The molecule has 0 bridgehead atoms. The molecule has 142 valence electrons. The number of carbonyl (C=O) groups is 2. The number of fused-ring (bicyclic) bond motifs is 1. The number of carbonyl (C=O) groups excluding carboxylic acids is 2. The molecule has 0 unspecified atom stereocenters. The number of hydrogen-bond acceptors (Lipinski definition) is 4. The highest BCUT2D eigenvalue weighted by molar-refractivity contribution is 6.33. The van der Waals surface area contributed by atoms with Crippen molar-refractivity contribution in [1.29, 1.82) is 0 Å². The Bertz CT molecular complexity index is 908. The molecule has 1 amide bonds. The minimum atomic E-state index is -1.14. The topological polar surface area (TPSA) is 75.6 Å². The van der Waals surface area contributed by atoms with Gasteiger partial charge in [-0.05, 0) is 51.1 Å². The van der Waals surface area contributed by atoms with E-state index in [1.54, 1.807) is 32.0 Å². The summed E-state index contributed by atoms with van der Waals surface area (Å²) in [7, 11) is 0. The lowest BCUT2D eigenvalue weighted by Gasteiger charge is -2.42. The Morgan fingerprint density at radius 3 is 2.59 bits per heavy atom. The predicted molar refractivity (Wildman–Crippen MR) is 98.8 cm³/mol. The van der Waals surface area contributed by atoms with Gasteiger partial charge in [0.1, 0.15) is 23.3 Å². The number of amides is 1. The fraction of sp³-hybridized carbons (Fsp3) is 0.300. The second-order valence-electron chi connectivity index (χ2n) is 7.01. The van der Waals surface area contributed by atoms with Gasteiger partial charge in [-0.1, -0.05) is 17.7 Å². The zero-order valence-corrected chi connectivity index (χ0v) is 15.8. The van der Waals surface area contributed by atoms with E-state index in [1.165, 1.54) is 19.1 Å². The third-order valence-corrected chi connectivity index (χ3v) is 4.94. The summed E-state index contributed by atoms with van der Waals surface area (Å²) in [5.74, 6) is -1.27. The lowest BCUT2D eigenvalue weighted by molar-refractivity contribution is -0.0627. The molecule has 0 spiro atoms. The highest BCUT2D eigenvalue weighted by Gasteiger charge is 2.44. The van der Waals surface area contributed by atoms with Gasteiger partial charge >= 0.3 is 0 Å². The first-order valence-corrected chi connectivity index (χ1v) is 8.76. The van der Waals surface area contributed by atoms with E-state index in [0.717, 1.165) is 6.07 Å². The molecule has 0 aliphatic carbocycles. The van der Waals surface area contributed by atoms with Crippen molar-refractivity contribution in [2.24, 2.45) is 0 Å². The van der Waals surface area contributed by atoms with Crippen molar-refractivity contribution in [3.05, 3.63) is 63.9 Å². The van der Waals surface area contributed by atoms with Crippen molar-refractivity contribution in [3.8, 4) is 5.75 Å². The summed E-state index contributed by atoms with van der Waals surface area (Å²) in [4.78, 5) is 24.4. The lowest BCUT2D eigenvalue weighted by Crippen LogP contribution is -2.53. The minimum absolute atomic E-state index is 0.0361. The molecule has 1 heterocycles. The molecule has 0 saturated heterocycles. The second-order valence-corrected chi connectivity index (χ2v) is 7.41. The molecule has 2 N–H and O–H groups in total. The summed E-state index contributed by atoms with van der Waals surface area (Å²) in [6.07, 6.45) is -1.14. The molecule has 0 radical (unpaired) electrons. The minimum Gasteiger partial charge on any atom is -0.485 e. The normalized spacial score (nSPS) is 20.4. The summed E-state index contributed by atoms with van der Waals surface area (Å²) in [5.41, 5.74) is -0.468. The first kappa shape index (κ1) is 19.3. The third kappa shape index (κ3) is 3.55. The van der Waals surface area contributed by atoms with Crippen LogP contribution >= 0.6 is 11.6 Å². The molecule has 0 aromatic heterocycles. The molecule has 1 aliphatic rings. The van der Waals surface area contributed by atoms with E-state index in [1.807, 2.05) is 0 Å². The smallest absolute Gasteiger partial charge is 0.256 e. The SMILES string of the molecule is CC(=O)c1ccc2c(c1)[C@H](NC(=O)c1c(F)cccc1Cl)[C@@H](O)C(C)(C)O2. The van der Waals surface area contributed by atoms with Gasteiger partial charge in [0.25, 0.3) is 5.91 Å². The number of halogens is 2. The van der Waals surface area contributed by atoms with Crippen LogP contribution in [0.5, 0.6) is 5.75 Å². The van der Waals surface area contributed by atoms with Gasteiger partial charge in [0, 0.05) is 11.1 Å². The maximum atomic E-state index is 14.1. The van der Waals surface area contributed by atoms with E-state index in [9.17, 15) is 19.1 Å². The number of ether oxygens (including phenoxy) is 1.